The van der Waals surface area contributed by atoms with E-state index in [1.54, 1.807) is 0 Å². The SMILES string of the molecule is C#Cc1c(Br)cc(C)c2c1C(C)C(O)C(C)(C)N2. The standard InChI is InChI=1S/C15H18BrNO/c1-6-10-11(16)7-8(2)13-12(10)9(3)14(18)15(4,5)17-13/h1,7,9,14,17-18H,2-5H3. The Kier molecular flexibility index (Phi) is 3.21. The first-order chi connectivity index (χ1) is 8.29. The van der Waals surface area contributed by atoms with Gasteiger partial charge in [-0.2, -0.15) is 0 Å². The van der Waals surface area contributed by atoms with Crippen LogP contribution in [0.2, 0.25) is 0 Å². The van der Waals surface area contributed by atoms with E-state index in [4.69, 9.17) is 6.42 Å². The third-order valence-electron chi connectivity index (χ3n) is 3.77. The first-order valence-electron chi connectivity index (χ1n) is 6.05. The number of hydrogen-bond donors (Lipinski definition) is 2. The molecule has 1 aromatic rings. The Bertz CT molecular complexity index is 542. The van der Waals surface area contributed by atoms with Crippen LogP contribution in [0.4, 0.5) is 5.69 Å². The van der Waals surface area contributed by atoms with Gasteiger partial charge in [0, 0.05) is 21.6 Å². The van der Waals surface area contributed by atoms with E-state index in [1.165, 1.54) is 0 Å². The highest BCUT2D eigenvalue weighted by molar-refractivity contribution is 9.10. The summed E-state index contributed by atoms with van der Waals surface area (Å²) in [7, 11) is 0. The third kappa shape index (κ3) is 1.84. The minimum atomic E-state index is -0.467. The summed E-state index contributed by atoms with van der Waals surface area (Å²) in [6, 6.07) is 2.03. The maximum Gasteiger partial charge on any atom is 0.0831 e. The van der Waals surface area contributed by atoms with Gasteiger partial charge in [-0.15, -0.1) is 6.42 Å². The Morgan fingerprint density at radius 2 is 2.11 bits per heavy atom. The molecule has 0 fully saturated rings. The number of hydrogen-bond acceptors (Lipinski definition) is 2. The molecule has 0 radical (unpaired) electrons. The Labute approximate surface area is 117 Å². The predicted molar refractivity (Wildman–Crippen MR) is 78.9 cm³/mol. The van der Waals surface area contributed by atoms with Crippen LogP contribution in [0.1, 0.15) is 43.4 Å². The topological polar surface area (TPSA) is 32.3 Å². The van der Waals surface area contributed by atoms with E-state index in [0.29, 0.717) is 0 Å². The summed E-state index contributed by atoms with van der Waals surface area (Å²) in [5.41, 5.74) is 3.73. The van der Waals surface area contributed by atoms with Gasteiger partial charge in [0.05, 0.1) is 11.6 Å². The second-order valence-electron chi connectivity index (χ2n) is 5.56. The molecule has 1 aliphatic rings. The molecule has 3 heteroatoms. The zero-order valence-corrected chi connectivity index (χ0v) is 12.7. The summed E-state index contributed by atoms with van der Waals surface area (Å²) >= 11 is 3.51. The van der Waals surface area contributed by atoms with Crippen LogP contribution >= 0.6 is 15.9 Å². The number of aryl methyl sites for hydroxylation is 1. The smallest absolute Gasteiger partial charge is 0.0831 e. The molecule has 2 atom stereocenters. The molecule has 0 spiro atoms. The number of nitrogens with one attached hydrogen (secondary N) is 1. The molecule has 2 unspecified atom stereocenters. The van der Waals surface area contributed by atoms with Gasteiger partial charge in [0.15, 0.2) is 0 Å². The zero-order valence-electron chi connectivity index (χ0n) is 11.1. The lowest BCUT2D eigenvalue weighted by Crippen LogP contribution is -2.50. The first-order valence-corrected chi connectivity index (χ1v) is 6.84. The quantitative estimate of drug-likeness (QED) is 0.720. The largest absolute Gasteiger partial charge is 0.390 e. The van der Waals surface area contributed by atoms with Gasteiger partial charge in [-0.1, -0.05) is 12.8 Å². The van der Waals surface area contributed by atoms with Crippen molar-refractivity contribution < 1.29 is 5.11 Å². The molecule has 2 N–H and O–H groups in total. The average molecular weight is 308 g/mol. The van der Waals surface area contributed by atoms with Crippen molar-refractivity contribution in [2.24, 2.45) is 0 Å². The van der Waals surface area contributed by atoms with E-state index in [-0.39, 0.29) is 11.5 Å². The molecule has 0 aliphatic carbocycles. The van der Waals surface area contributed by atoms with Gasteiger partial charge >= 0.3 is 0 Å². The summed E-state index contributed by atoms with van der Waals surface area (Å²) in [6.07, 6.45) is 5.14. The van der Waals surface area contributed by atoms with E-state index >= 15 is 0 Å². The lowest BCUT2D eigenvalue weighted by atomic mass is 9.76. The molecule has 1 aliphatic heterocycles. The first kappa shape index (κ1) is 13.5. The number of aliphatic hydroxyl groups is 1. The zero-order chi connectivity index (χ0) is 13.7. The van der Waals surface area contributed by atoms with Crippen LogP contribution in [0.15, 0.2) is 10.5 Å². The van der Waals surface area contributed by atoms with Crippen LogP contribution in [0, 0.1) is 19.3 Å². The number of fused-ring (bicyclic) bond motifs is 1. The van der Waals surface area contributed by atoms with Gasteiger partial charge in [0.2, 0.25) is 0 Å². The van der Waals surface area contributed by atoms with Crippen molar-refractivity contribution in [1.82, 2.24) is 0 Å². The van der Waals surface area contributed by atoms with Crippen molar-refractivity contribution in [2.75, 3.05) is 5.32 Å². The second kappa shape index (κ2) is 4.29. The van der Waals surface area contributed by atoms with Crippen LogP contribution in [0.25, 0.3) is 0 Å². The Morgan fingerprint density at radius 3 is 2.67 bits per heavy atom. The average Bonchev–Trinajstić information content (AvgIpc) is 2.28. The van der Waals surface area contributed by atoms with Gasteiger partial charge < -0.3 is 10.4 Å². The van der Waals surface area contributed by atoms with E-state index < -0.39 is 6.10 Å². The highest BCUT2D eigenvalue weighted by Crippen LogP contribution is 2.44. The maximum absolute atomic E-state index is 10.4. The van der Waals surface area contributed by atoms with Gasteiger partial charge in [0.1, 0.15) is 0 Å². The molecular weight excluding hydrogens is 290 g/mol. The van der Waals surface area contributed by atoms with E-state index in [0.717, 1.165) is 26.9 Å². The fraction of sp³-hybridized carbons (Fsp3) is 0.467. The van der Waals surface area contributed by atoms with Crippen LogP contribution in [-0.4, -0.2) is 16.7 Å². The van der Waals surface area contributed by atoms with Gasteiger partial charge in [-0.05, 0) is 53.9 Å². The minimum Gasteiger partial charge on any atom is -0.390 e. The van der Waals surface area contributed by atoms with Gasteiger partial charge in [-0.25, -0.2) is 0 Å². The van der Waals surface area contributed by atoms with Crippen molar-refractivity contribution >= 4 is 21.6 Å². The van der Waals surface area contributed by atoms with Crippen molar-refractivity contribution in [3.8, 4) is 12.3 Å². The molecule has 0 saturated carbocycles. The second-order valence-corrected chi connectivity index (χ2v) is 6.42. The van der Waals surface area contributed by atoms with Crippen LogP contribution in [-0.2, 0) is 0 Å². The summed E-state index contributed by atoms with van der Waals surface area (Å²) in [5, 5.41) is 13.8. The van der Waals surface area contributed by atoms with Crippen molar-refractivity contribution in [3.63, 3.8) is 0 Å². The number of aliphatic hydroxyl groups excluding tert-OH is 1. The van der Waals surface area contributed by atoms with Gasteiger partial charge in [0.25, 0.3) is 0 Å². The molecule has 2 rings (SSSR count). The van der Waals surface area contributed by atoms with E-state index in [1.807, 2.05) is 26.8 Å². The van der Waals surface area contributed by atoms with Gasteiger partial charge in [-0.3, -0.25) is 0 Å². The normalized spacial score (nSPS) is 24.9. The van der Waals surface area contributed by atoms with Crippen LogP contribution in [0.3, 0.4) is 0 Å². The number of rotatable bonds is 0. The molecule has 0 saturated heterocycles. The minimum absolute atomic E-state index is 0.0125. The molecule has 1 heterocycles. The number of halogens is 1. The van der Waals surface area contributed by atoms with Crippen LogP contribution in [0.5, 0.6) is 0 Å². The number of terminal acetylenes is 1. The molecule has 0 bridgehead atoms. The molecule has 2 nitrogen and oxygen atoms in total. The maximum atomic E-state index is 10.4. The van der Waals surface area contributed by atoms with E-state index in [9.17, 15) is 5.11 Å². The lowest BCUT2D eigenvalue weighted by molar-refractivity contribution is 0.0867. The Balaban J connectivity index is 2.75. The van der Waals surface area contributed by atoms with Crippen molar-refractivity contribution in [2.45, 2.75) is 45.3 Å². The monoisotopic (exact) mass is 307 g/mol. The van der Waals surface area contributed by atoms with Crippen LogP contribution < -0.4 is 5.32 Å². The van der Waals surface area contributed by atoms with E-state index in [2.05, 4.69) is 34.1 Å². The fourth-order valence-electron chi connectivity index (χ4n) is 2.75. The Hall–Kier alpha value is -0.980. The molecule has 1 aromatic carbocycles. The van der Waals surface area contributed by atoms with Crippen molar-refractivity contribution in [1.29, 1.82) is 0 Å². The van der Waals surface area contributed by atoms with Crippen molar-refractivity contribution in [3.05, 3.63) is 27.2 Å². The Morgan fingerprint density at radius 1 is 1.50 bits per heavy atom. The lowest BCUT2D eigenvalue weighted by Gasteiger charge is -2.43. The fourth-order valence-corrected chi connectivity index (χ4v) is 3.42. The summed E-state index contributed by atoms with van der Waals surface area (Å²) in [4.78, 5) is 0. The molecule has 96 valence electrons. The predicted octanol–water partition coefficient (Wildman–Crippen LogP) is 3.41. The highest BCUT2D eigenvalue weighted by Gasteiger charge is 2.40. The molecular formula is C15H18BrNO. The number of anilines is 1. The summed E-state index contributed by atoms with van der Waals surface area (Å²) < 4.78 is 0.918. The molecule has 0 aromatic heterocycles. The number of benzene rings is 1. The summed E-state index contributed by atoms with van der Waals surface area (Å²) in [5.74, 6) is 2.74. The third-order valence-corrected chi connectivity index (χ3v) is 4.40. The summed E-state index contributed by atoms with van der Waals surface area (Å²) in [6.45, 7) is 8.10. The molecule has 18 heavy (non-hydrogen) atoms. The molecule has 0 amide bonds. The highest BCUT2D eigenvalue weighted by atomic mass is 79.9.